The Balaban J connectivity index is 1.19. The summed E-state index contributed by atoms with van der Waals surface area (Å²) < 4.78 is 2.36. The van der Waals surface area contributed by atoms with Crippen molar-refractivity contribution >= 4 is 5.91 Å². The van der Waals surface area contributed by atoms with Gasteiger partial charge in [-0.15, -0.1) is 0 Å². The van der Waals surface area contributed by atoms with Crippen LogP contribution < -0.4 is 5.32 Å². The molecule has 1 amide bonds. The average Bonchev–Trinajstić information content (AvgIpc) is 3.42. The van der Waals surface area contributed by atoms with Gasteiger partial charge in [0.25, 0.3) is 0 Å². The highest BCUT2D eigenvalue weighted by Crippen LogP contribution is 2.33. The number of likely N-dealkylation sites (tertiary alicyclic amines) is 1. The molecule has 2 aromatic rings. The van der Waals surface area contributed by atoms with Crippen molar-refractivity contribution in [2.45, 2.75) is 57.2 Å². The molecule has 2 fully saturated rings. The van der Waals surface area contributed by atoms with Gasteiger partial charge in [0.15, 0.2) is 0 Å². The predicted molar refractivity (Wildman–Crippen MR) is 104 cm³/mol. The molecule has 1 atom stereocenters. The third-order valence-corrected chi connectivity index (χ3v) is 6.45. The standard InChI is InChI=1S/C22H28N4O/c27-22(20-13-18-3-1-2-4-19(18)14-24-20)25-10-7-17(8-11-25)21-23-9-12-26(21)15-16-5-6-16/h1-4,9,12,16-17,20,24H,5-8,10-11,13-15H2. The fourth-order valence-electron chi connectivity index (χ4n) is 4.62. The summed E-state index contributed by atoms with van der Waals surface area (Å²) in [6, 6.07) is 8.37. The second-order valence-electron chi connectivity index (χ2n) is 8.39. The van der Waals surface area contributed by atoms with Crippen molar-refractivity contribution < 1.29 is 4.79 Å². The number of nitrogens with zero attached hydrogens (tertiary/aromatic N) is 3. The first-order valence-electron chi connectivity index (χ1n) is 10.4. The fourth-order valence-corrected chi connectivity index (χ4v) is 4.62. The van der Waals surface area contributed by atoms with E-state index < -0.39 is 0 Å². The Bertz CT molecular complexity index is 817. The Hall–Kier alpha value is -2.14. The monoisotopic (exact) mass is 364 g/mol. The summed E-state index contributed by atoms with van der Waals surface area (Å²) in [4.78, 5) is 19.7. The molecule has 0 bridgehead atoms. The van der Waals surface area contributed by atoms with Crippen LogP contribution in [0.4, 0.5) is 0 Å². The lowest BCUT2D eigenvalue weighted by molar-refractivity contribution is -0.134. The van der Waals surface area contributed by atoms with Crippen LogP contribution in [0.15, 0.2) is 36.7 Å². The number of aromatic nitrogens is 2. The third kappa shape index (κ3) is 3.53. The molecule has 27 heavy (non-hydrogen) atoms. The number of piperidine rings is 1. The molecule has 1 unspecified atom stereocenters. The van der Waals surface area contributed by atoms with E-state index in [-0.39, 0.29) is 11.9 Å². The largest absolute Gasteiger partial charge is 0.341 e. The quantitative estimate of drug-likeness (QED) is 0.908. The van der Waals surface area contributed by atoms with Crippen molar-refractivity contribution in [3.63, 3.8) is 0 Å². The van der Waals surface area contributed by atoms with E-state index in [9.17, 15) is 4.79 Å². The van der Waals surface area contributed by atoms with E-state index in [0.717, 1.165) is 51.4 Å². The van der Waals surface area contributed by atoms with Crippen molar-refractivity contribution in [3.8, 4) is 0 Å². The van der Waals surface area contributed by atoms with Gasteiger partial charge in [-0.3, -0.25) is 4.79 Å². The number of rotatable bonds is 4. The van der Waals surface area contributed by atoms with Gasteiger partial charge in [-0.1, -0.05) is 24.3 Å². The van der Waals surface area contributed by atoms with Gasteiger partial charge in [-0.25, -0.2) is 4.98 Å². The topological polar surface area (TPSA) is 50.2 Å². The second-order valence-corrected chi connectivity index (χ2v) is 8.39. The molecule has 0 spiro atoms. The van der Waals surface area contributed by atoms with Crippen LogP contribution in [0.1, 0.15) is 48.6 Å². The zero-order chi connectivity index (χ0) is 18.2. The summed E-state index contributed by atoms with van der Waals surface area (Å²) in [7, 11) is 0. The number of imidazole rings is 1. The minimum atomic E-state index is -0.0756. The molecule has 1 N–H and O–H groups in total. The van der Waals surface area contributed by atoms with Crippen LogP contribution in [-0.4, -0.2) is 39.5 Å². The van der Waals surface area contributed by atoms with Gasteiger partial charge in [-0.05, 0) is 49.1 Å². The normalized spacial score (nSPS) is 23.3. The number of amides is 1. The van der Waals surface area contributed by atoms with Crippen LogP contribution in [0.25, 0.3) is 0 Å². The number of hydrogen-bond acceptors (Lipinski definition) is 3. The van der Waals surface area contributed by atoms with E-state index in [1.807, 2.05) is 6.20 Å². The molecule has 1 saturated heterocycles. The average molecular weight is 364 g/mol. The van der Waals surface area contributed by atoms with Crippen LogP contribution in [0.2, 0.25) is 0 Å². The first-order chi connectivity index (χ1) is 13.3. The van der Waals surface area contributed by atoms with Crippen LogP contribution >= 0.6 is 0 Å². The molecule has 3 heterocycles. The third-order valence-electron chi connectivity index (χ3n) is 6.45. The van der Waals surface area contributed by atoms with Gasteiger partial charge in [0.05, 0.1) is 6.04 Å². The zero-order valence-corrected chi connectivity index (χ0v) is 15.8. The van der Waals surface area contributed by atoms with Gasteiger partial charge in [0.1, 0.15) is 5.82 Å². The lowest BCUT2D eigenvalue weighted by Gasteiger charge is -2.35. The van der Waals surface area contributed by atoms with Crippen LogP contribution in [-0.2, 0) is 24.3 Å². The maximum absolute atomic E-state index is 13.0. The highest BCUT2D eigenvalue weighted by atomic mass is 16.2. The number of hydrogen-bond donors (Lipinski definition) is 1. The van der Waals surface area contributed by atoms with Crippen molar-refractivity contribution in [1.82, 2.24) is 19.8 Å². The first kappa shape index (κ1) is 17.0. The van der Waals surface area contributed by atoms with Crippen molar-refractivity contribution in [2.75, 3.05) is 13.1 Å². The molecule has 3 aliphatic rings. The summed E-state index contributed by atoms with van der Waals surface area (Å²) in [6.45, 7) is 3.61. The Morgan fingerprint density at radius 1 is 1.11 bits per heavy atom. The number of nitrogens with one attached hydrogen (secondary N) is 1. The summed E-state index contributed by atoms with van der Waals surface area (Å²) >= 11 is 0. The summed E-state index contributed by atoms with van der Waals surface area (Å²) in [5.41, 5.74) is 2.63. The Morgan fingerprint density at radius 2 is 1.89 bits per heavy atom. The maximum atomic E-state index is 13.0. The van der Waals surface area contributed by atoms with E-state index in [1.165, 1.54) is 29.8 Å². The van der Waals surface area contributed by atoms with E-state index >= 15 is 0 Å². The Morgan fingerprint density at radius 3 is 2.67 bits per heavy atom. The molecule has 1 aliphatic carbocycles. The van der Waals surface area contributed by atoms with E-state index in [1.54, 1.807) is 0 Å². The van der Waals surface area contributed by atoms with Crippen molar-refractivity contribution in [1.29, 1.82) is 0 Å². The van der Waals surface area contributed by atoms with Gasteiger partial charge in [0, 0.05) is 44.5 Å². The summed E-state index contributed by atoms with van der Waals surface area (Å²) in [5, 5.41) is 3.44. The first-order valence-corrected chi connectivity index (χ1v) is 10.4. The van der Waals surface area contributed by atoms with Gasteiger partial charge < -0.3 is 14.8 Å². The fraction of sp³-hybridized carbons (Fsp3) is 0.545. The lowest BCUT2D eigenvalue weighted by atomic mass is 9.92. The van der Waals surface area contributed by atoms with Crippen LogP contribution in [0.3, 0.4) is 0 Å². The van der Waals surface area contributed by atoms with Gasteiger partial charge >= 0.3 is 0 Å². The summed E-state index contributed by atoms with van der Waals surface area (Å²) in [5.74, 6) is 2.85. The summed E-state index contributed by atoms with van der Waals surface area (Å²) in [6.07, 6.45) is 9.66. The number of carbonyl (C=O) groups excluding carboxylic acids is 1. The Labute approximate surface area is 160 Å². The Kier molecular flexibility index (Phi) is 4.48. The number of fused-ring (bicyclic) bond motifs is 1. The van der Waals surface area contributed by atoms with Crippen molar-refractivity contribution in [2.24, 2.45) is 5.92 Å². The molecule has 2 aliphatic heterocycles. The molecule has 0 radical (unpaired) electrons. The van der Waals surface area contributed by atoms with E-state index in [2.05, 4.69) is 50.2 Å². The predicted octanol–water partition coefficient (Wildman–Crippen LogP) is 2.71. The van der Waals surface area contributed by atoms with E-state index in [0.29, 0.717) is 5.92 Å². The highest BCUT2D eigenvalue weighted by Gasteiger charge is 2.32. The zero-order valence-electron chi connectivity index (χ0n) is 15.8. The molecule has 142 valence electrons. The van der Waals surface area contributed by atoms with E-state index in [4.69, 9.17) is 0 Å². The van der Waals surface area contributed by atoms with Gasteiger partial charge in [-0.2, -0.15) is 0 Å². The van der Waals surface area contributed by atoms with Gasteiger partial charge in [0.2, 0.25) is 5.91 Å². The lowest BCUT2D eigenvalue weighted by Crippen LogP contribution is -2.51. The SMILES string of the molecule is O=C(C1Cc2ccccc2CN1)N1CCC(c2nccn2CC2CC2)CC1. The molecule has 5 nitrogen and oxygen atoms in total. The number of benzene rings is 1. The molecular formula is C22H28N4O. The van der Waals surface area contributed by atoms with Crippen LogP contribution in [0, 0.1) is 5.92 Å². The number of carbonyl (C=O) groups is 1. The highest BCUT2D eigenvalue weighted by molar-refractivity contribution is 5.82. The molecule has 5 heteroatoms. The maximum Gasteiger partial charge on any atom is 0.240 e. The molecule has 1 aromatic heterocycles. The minimum absolute atomic E-state index is 0.0756. The molecular weight excluding hydrogens is 336 g/mol. The second kappa shape index (κ2) is 7.12. The molecule has 5 rings (SSSR count). The van der Waals surface area contributed by atoms with Crippen molar-refractivity contribution in [3.05, 3.63) is 53.6 Å². The molecule has 1 aromatic carbocycles. The minimum Gasteiger partial charge on any atom is -0.341 e. The van der Waals surface area contributed by atoms with Crippen LogP contribution in [0.5, 0.6) is 0 Å². The molecule has 1 saturated carbocycles. The smallest absolute Gasteiger partial charge is 0.240 e.